The van der Waals surface area contributed by atoms with Gasteiger partial charge >= 0.3 is 0 Å². The fraction of sp³-hybridized carbons (Fsp3) is 0.538. The molecule has 0 aliphatic heterocycles. The van der Waals surface area contributed by atoms with Crippen molar-refractivity contribution in [3.8, 4) is 0 Å². The van der Waals surface area contributed by atoms with Gasteiger partial charge in [0, 0.05) is 18.3 Å². The maximum atomic E-state index is 9.17. The number of rotatable bonds is 5. The summed E-state index contributed by atoms with van der Waals surface area (Å²) in [7, 11) is 0. The molecule has 0 aliphatic carbocycles. The average Bonchev–Trinajstić information content (AvgIpc) is 2.23. The fourth-order valence-electron chi connectivity index (χ4n) is 2.13. The van der Waals surface area contributed by atoms with Gasteiger partial charge in [-0.3, -0.25) is 10.4 Å². The van der Waals surface area contributed by atoms with Crippen LogP contribution in [-0.4, -0.2) is 35.1 Å². The lowest BCUT2D eigenvalue weighted by Crippen LogP contribution is -2.35. The van der Waals surface area contributed by atoms with Gasteiger partial charge < -0.3 is 15.7 Å². The Morgan fingerprint density at radius 3 is 2.56 bits per heavy atom. The SMILES string of the molecule is Cc1cc(N(CCO)C(C)C)c(C(=N)N)c(C)n1. The highest BCUT2D eigenvalue weighted by Gasteiger charge is 2.18. The highest BCUT2D eigenvalue weighted by atomic mass is 16.3. The van der Waals surface area contributed by atoms with Gasteiger partial charge in [0.25, 0.3) is 0 Å². The molecule has 1 heterocycles. The van der Waals surface area contributed by atoms with Gasteiger partial charge in [0.2, 0.25) is 0 Å². The second kappa shape index (κ2) is 5.82. The normalized spacial score (nSPS) is 10.8. The van der Waals surface area contributed by atoms with Crippen LogP contribution < -0.4 is 10.6 Å². The molecule has 0 atom stereocenters. The van der Waals surface area contributed by atoms with Crippen LogP contribution in [0.5, 0.6) is 0 Å². The number of aliphatic hydroxyl groups excluding tert-OH is 1. The quantitative estimate of drug-likeness (QED) is 0.541. The molecular weight excluding hydrogens is 228 g/mol. The van der Waals surface area contributed by atoms with E-state index in [-0.39, 0.29) is 18.5 Å². The number of anilines is 1. The molecule has 1 aromatic rings. The van der Waals surface area contributed by atoms with E-state index in [2.05, 4.69) is 4.98 Å². The molecule has 0 unspecified atom stereocenters. The zero-order valence-corrected chi connectivity index (χ0v) is 11.5. The summed E-state index contributed by atoms with van der Waals surface area (Å²) in [5, 5.41) is 16.9. The van der Waals surface area contributed by atoms with Gasteiger partial charge in [0.05, 0.1) is 23.6 Å². The molecule has 1 rings (SSSR count). The second-order valence-corrected chi connectivity index (χ2v) is 4.67. The minimum Gasteiger partial charge on any atom is -0.395 e. The van der Waals surface area contributed by atoms with Crippen molar-refractivity contribution in [2.75, 3.05) is 18.1 Å². The third kappa shape index (κ3) is 2.98. The molecule has 1 aromatic heterocycles. The van der Waals surface area contributed by atoms with E-state index in [0.29, 0.717) is 12.1 Å². The molecule has 0 saturated carbocycles. The van der Waals surface area contributed by atoms with E-state index in [1.54, 1.807) is 0 Å². The van der Waals surface area contributed by atoms with Gasteiger partial charge in [0.1, 0.15) is 5.84 Å². The summed E-state index contributed by atoms with van der Waals surface area (Å²) in [6, 6.07) is 2.13. The van der Waals surface area contributed by atoms with Crippen molar-refractivity contribution in [1.29, 1.82) is 5.41 Å². The Kier molecular flexibility index (Phi) is 4.67. The molecule has 4 N–H and O–H groups in total. The molecule has 0 spiro atoms. The van der Waals surface area contributed by atoms with E-state index in [9.17, 15) is 5.11 Å². The van der Waals surface area contributed by atoms with E-state index >= 15 is 0 Å². The number of hydrogen-bond acceptors (Lipinski definition) is 4. The van der Waals surface area contributed by atoms with E-state index in [4.69, 9.17) is 11.1 Å². The van der Waals surface area contributed by atoms with E-state index in [1.165, 1.54) is 0 Å². The number of hydrogen-bond donors (Lipinski definition) is 3. The van der Waals surface area contributed by atoms with Gasteiger partial charge in [0.15, 0.2) is 0 Å². The molecule has 0 bridgehead atoms. The smallest absolute Gasteiger partial charge is 0.126 e. The predicted octanol–water partition coefficient (Wildman–Crippen LogP) is 1.19. The third-order valence-corrected chi connectivity index (χ3v) is 2.85. The van der Waals surface area contributed by atoms with Gasteiger partial charge in [-0.15, -0.1) is 0 Å². The Morgan fingerprint density at radius 2 is 2.11 bits per heavy atom. The molecular formula is C13H22N4O. The Hall–Kier alpha value is -1.62. The number of nitrogens with zero attached hydrogens (tertiary/aromatic N) is 2. The molecule has 5 nitrogen and oxygen atoms in total. The van der Waals surface area contributed by atoms with Crippen molar-refractivity contribution < 1.29 is 5.11 Å². The summed E-state index contributed by atoms with van der Waals surface area (Å²) in [4.78, 5) is 6.39. The van der Waals surface area contributed by atoms with Gasteiger partial charge in [-0.2, -0.15) is 0 Å². The zero-order chi connectivity index (χ0) is 13.9. The topological polar surface area (TPSA) is 86.2 Å². The van der Waals surface area contributed by atoms with Crippen LogP contribution in [0.15, 0.2) is 6.07 Å². The van der Waals surface area contributed by atoms with Crippen molar-refractivity contribution in [2.45, 2.75) is 33.7 Å². The summed E-state index contributed by atoms with van der Waals surface area (Å²) < 4.78 is 0. The number of pyridine rings is 1. The van der Waals surface area contributed by atoms with Crippen LogP contribution in [0.3, 0.4) is 0 Å². The molecule has 0 radical (unpaired) electrons. The Balaban J connectivity index is 3.39. The number of aryl methyl sites for hydroxylation is 2. The summed E-state index contributed by atoms with van der Waals surface area (Å²) in [6.45, 7) is 8.44. The average molecular weight is 250 g/mol. The fourth-order valence-corrected chi connectivity index (χ4v) is 2.13. The molecule has 100 valence electrons. The number of aliphatic hydroxyl groups is 1. The Bertz CT molecular complexity index is 443. The summed E-state index contributed by atoms with van der Waals surface area (Å²) in [5.74, 6) is 0.0126. The molecule has 5 heteroatoms. The van der Waals surface area contributed by atoms with Crippen molar-refractivity contribution in [2.24, 2.45) is 5.73 Å². The van der Waals surface area contributed by atoms with Crippen LogP contribution in [0.25, 0.3) is 0 Å². The lowest BCUT2D eigenvalue weighted by atomic mass is 10.1. The highest BCUT2D eigenvalue weighted by molar-refractivity contribution is 6.01. The number of aromatic nitrogens is 1. The third-order valence-electron chi connectivity index (χ3n) is 2.85. The number of amidine groups is 1. The van der Waals surface area contributed by atoms with Gasteiger partial charge in [-0.05, 0) is 33.8 Å². The molecule has 0 aliphatic rings. The van der Waals surface area contributed by atoms with Gasteiger partial charge in [-0.25, -0.2) is 0 Å². The van der Waals surface area contributed by atoms with E-state index < -0.39 is 0 Å². The lowest BCUT2D eigenvalue weighted by Gasteiger charge is -2.30. The molecule has 0 aromatic carbocycles. The van der Waals surface area contributed by atoms with Crippen molar-refractivity contribution in [3.63, 3.8) is 0 Å². The summed E-state index contributed by atoms with van der Waals surface area (Å²) >= 11 is 0. The first-order valence-electron chi connectivity index (χ1n) is 6.08. The van der Waals surface area contributed by atoms with Crippen LogP contribution in [0.1, 0.15) is 30.8 Å². The Labute approximate surface area is 108 Å². The first-order valence-corrected chi connectivity index (χ1v) is 6.08. The second-order valence-electron chi connectivity index (χ2n) is 4.67. The highest BCUT2D eigenvalue weighted by Crippen LogP contribution is 2.25. The summed E-state index contributed by atoms with van der Waals surface area (Å²) in [6.07, 6.45) is 0. The largest absolute Gasteiger partial charge is 0.395 e. The molecule has 0 amide bonds. The number of nitrogens with one attached hydrogen (secondary N) is 1. The van der Waals surface area contributed by atoms with Gasteiger partial charge in [-0.1, -0.05) is 0 Å². The molecule has 0 saturated heterocycles. The monoisotopic (exact) mass is 250 g/mol. The van der Waals surface area contributed by atoms with Crippen LogP contribution in [0, 0.1) is 19.3 Å². The maximum Gasteiger partial charge on any atom is 0.126 e. The number of nitrogen functional groups attached to an aromatic ring is 1. The van der Waals surface area contributed by atoms with Crippen LogP contribution in [-0.2, 0) is 0 Å². The molecule has 18 heavy (non-hydrogen) atoms. The first kappa shape index (κ1) is 14.4. The minimum absolute atomic E-state index is 0.0126. The van der Waals surface area contributed by atoms with Crippen LogP contribution in [0.2, 0.25) is 0 Å². The number of nitrogens with two attached hydrogens (primary N) is 1. The predicted molar refractivity (Wildman–Crippen MR) is 74.3 cm³/mol. The lowest BCUT2D eigenvalue weighted by molar-refractivity contribution is 0.299. The zero-order valence-electron chi connectivity index (χ0n) is 11.5. The first-order chi connectivity index (χ1) is 8.38. The maximum absolute atomic E-state index is 9.17. The van der Waals surface area contributed by atoms with Crippen LogP contribution in [0.4, 0.5) is 5.69 Å². The molecule has 0 fully saturated rings. The standard InChI is InChI=1S/C13H22N4O/c1-8(2)17(5-6-18)11-7-9(3)16-10(4)12(11)13(14)15/h7-8,18H,5-6H2,1-4H3,(H3,14,15). The van der Waals surface area contributed by atoms with E-state index in [1.807, 2.05) is 38.7 Å². The Morgan fingerprint density at radius 1 is 1.50 bits per heavy atom. The van der Waals surface area contributed by atoms with Crippen LogP contribution >= 0.6 is 0 Å². The van der Waals surface area contributed by atoms with Crippen molar-refractivity contribution in [1.82, 2.24) is 4.98 Å². The summed E-state index contributed by atoms with van der Waals surface area (Å²) in [5.41, 5.74) is 8.82. The van der Waals surface area contributed by atoms with Crippen molar-refractivity contribution in [3.05, 3.63) is 23.0 Å². The van der Waals surface area contributed by atoms with Crippen molar-refractivity contribution >= 4 is 11.5 Å². The minimum atomic E-state index is 0.0126. The van der Waals surface area contributed by atoms with E-state index in [0.717, 1.165) is 17.1 Å².